The van der Waals surface area contributed by atoms with Crippen molar-refractivity contribution in [1.82, 2.24) is 29.7 Å². The van der Waals surface area contributed by atoms with Gasteiger partial charge in [-0.2, -0.15) is 0 Å². The SMILES string of the molecule is Cc1cc(Nc2ncnc3cc4c(nc23)N(CCNC(=O)OC(C)(C)C)C[C@@H]2CC2O4)ccc1Oc1ccn2ccnc2c1. The Labute approximate surface area is 254 Å². The minimum atomic E-state index is -0.556. The fourth-order valence-electron chi connectivity index (χ4n) is 5.32. The third-order valence-electron chi connectivity index (χ3n) is 7.53. The number of nitrogens with zero attached hydrogens (tertiary/aromatic N) is 6. The number of alkyl carbamates (subject to hydrolysis) is 1. The van der Waals surface area contributed by atoms with Gasteiger partial charge >= 0.3 is 6.09 Å². The molecule has 0 saturated heterocycles. The minimum Gasteiger partial charge on any atom is -0.486 e. The van der Waals surface area contributed by atoms with Crippen LogP contribution in [-0.2, 0) is 4.74 Å². The lowest BCUT2D eigenvalue weighted by atomic mass is 10.2. The number of anilines is 3. The van der Waals surface area contributed by atoms with Crippen molar-refractivity contribution in [2.45, 2.75) is 45.8 Å². The maximum absolute atomic E-state index is 12.2. The molecule has 1 aromatic carbocycles. The van der Waals surface area contributed by atoms with Crippen LogP contribution < -0.4 is 25.0 Å². The molecule has 2 atom stereocenters. The van der Waals surface area contributed by atoms with Crippen molar-refractivity contribution in [2.75, 3.05) is 29.9 Å². The predicted molar refractivity (Wildman–Crippen MR) is 166 cm³/mol. The fourth-order valence-corrected chi connectivity index (χ4v) is 5.32. The summed E-state index contributed by atoms with van der Waals surface area (Å²) >= 11 is 0. The Balaban J connectivity index is 1.11. The van der Waals surface area contributed by atoms with Gasteiger partial charge in [-0.25, -0.2) is 24.7 Å². The van der Waals surface area contributed by atoms with Crippen LogP contribution in [0.1, 0.15) is 32.8 Å². The zero-order chi connectivity index (χ0) is 30.4. The van der Waals surface area contributed by atoms with Crippen LogP contribution in [0.15, 0.2) is 61.3 Å². The molecule has 1 amide bonds. The van der Waals surface area contributed by atoms with E-state index in [0.717, 1.165) is 35.6 Å². The lowest BCUT2D eigenvalue weighted by molar-refractivity contribution is 0.0529. The highest BCUT2D eigenvalue weighted by Gasteiger charge is 2.44. The normalized spacial score (nSPS) is 17.3. The number of hydrogen-bond donors (Lipinski definition) is 2. The first-order valence-corrected chi connectivity index (χ1v) is 14.7. The average molecular weight is 595 g/mol. The van der Waals surface area contributed by atoms with E-state index < -0.39 is 11.7 Å². The number of fused-ring (bicyclic) bond motifs is 4. The third-order valence-corrected chi connectivity index (χ3v) is 7.53. The molecule has 1 aliphatic heterocycles. The van der Waals surface area contributed by atoms with Crippen LogP contribution >= 0.6 is 0 Å². The minimum absolute atomic E-state index is 0.168. The van der Waals surface area contributed by atoms with Crippen LogP contribution in [0, 0.1) is 12.8 Å². The molecule has 1 saturated carbocycles. The Morgan fingerprint density at radius 1 is 1.11 bits per heavy atom. The molecule has 2 aliphatic rings. The second kappa shape index (κ2) is 10.9. The van der Waals surface area contributed by atoms with Gasteiger partial charge in [-0.15, -0.1) is 0 Å². The summed E-state index contributed by atoms with van der Waals surface area (Å²) in [7, 11) is 0. The first-order chi connectivity index (χ1) is 21.2. The van der Waals surface area contributed by atoms with Gasteiger partial charge in [0.2, 0.25) is 0 Å². The molecule has 0 spiro atoms. The molecule has 7 rings (SSSR count). The topological polar surface area (TPSA) is 128 Å². The molecule has 1 unspecified atom stereocenters. The van der Waals surface area contributed by atoms with E-state index >= 15 is 0 Å². The Kier molecular flexibility index (Phi) is 6.83. The zero-order valence-corrected chi connectivity index (χ0v) is 25.1. The Bertz CT molecular complexity index is 1870. The van der Waals surface area contributed by atoms with Gasteiger partial charge in [0.25, 0.3) is 0 Å². The van der Waals surface area contributed by atoms with Crippen LogP contribution in [0.3, 0.4) is 0 Å². The number of pyridine rings is 2. The molecular formula is C32H34N8O4. The van der Waals surface area contributed by atoms with Gasteiger partial charge in [-0.05, 0) is 63.9 Å². The highest BCUT2D eigenvalue weighted by molar-refractivity contribution is 5.90. The summed E-state index contributed by atoms with van der Waals surface area (Å²) in [5, 5.41) is 6.27. The van der Waals surface area contributed by atoms with Crippen molar-refractivity contribution in [3.63, 3.8) is 0 Å². The van der Waals surface area contributed by atoms with Crippen molar-refractivity contribution in [3.8, 4) is 17.2 Å². The van der Waals surface area contributed by atoms with Gasteiger partial charge in [0.15, 0.2) is 17.4 Å². The standard InChI is InChI=1S/C32H34N8O4/c1-19-13-21(5-6-24(19)42-22-7-10-39-11-8-33-27(39)15-22)37-29-28-23(35-18-36-29)16-26-30(38-28)40(17-20-14-25(20)43-26)12-9-34-31(41)44-32(2,3)4/h5-8,10-11,13,15-16,18,20,25H,9,12,14,17H2,1-4H3,(H,34,41)(H,35,36,37)/t20-,25?/m0/s1. The van der Waals surface area contributed by atoms with Crippen molar-refractivity contribution in [1.29, 1.82) is 0 Å². The number of rotatable bonds is 7. The quantitative estimate of drug-likeness (QED) is 0.245. The molecule has 1 fully saturated rings. The second-order valence-corrected chi connectivity index (χ2v) is 12.2. The molecule has 5 heterocycles. The molecule has 226 valence electrons. The third kappa shape index (κ3) is 5.87. The summed E-state index contributed by atoms with van der Waals surface area (Å²) in [4.78, 5) is 32.8. The van der Waals surface area contributed by atoms with Gasteiger partial charge in [0.1, 0.15) is 40.7 Å². The van der Waals surface area contributed by atoms with Crippen molar-refractivity contribution in [3.05, 3.63) is 66.9 Å². The van der Waals surface area contributed by atoms with E-state index in [1.165, 1.54) is 6.33 Å². The molecule has 1 aliphatic carbocycles. The number of carbonyl (C=O) groups is 1. The van der Waals surface area contributed by atoms with E-state index in [0.29, 0.717) is 53.2 Å². The Morgan fingerprint density at radius 3 is 2.84 bits per heavy atom. The molecule has 5 aromatic rings. The van der Waals surface area contributed by atoms with Gasteiger partial charge in [0.05, 0.1) is 5.52 Å². The van der Waals surface area contributed by atoms with Crippen LogP contribution in [0.25, 0.3) is 16.7 Å². The number of imidazole rings is 1. The van der Waals surface area contributed by atoms with E-state index in [-0.39, 0.29) is 6.10 Å². The number of nitrogens with one attached hydrogen (secondary N) is 2. The molecule has 2 N–H and O–H groups in total. The number of hydrogen-bond acceptors (Lipinski definition) is 10. The molecule has 4 aromatic heterocycles. The van der Waals surface area contributed by atoms with Gasteiger partial charge in [-0.3, -0.25) is 0 Å². The average Bonchev–Trinajstić information content (AvgIpc) is 3.55. The molecule has 12 nitrogen and oxygen atoms in total. The van der Waals surface area contributed by atoms with Gasteiger partial charge in [0, 0.05) is 62.0 Å². The molecule has 0 radical (unpaired) electrons. The molecule has 12 heteroatoms. The first-order valence-electron chi connectivity index (χ1n) is 14.7. The van der Waals surface area contributed by atoms with E-state index in [9.17, 15) is 4.79 Å². The highest BCUT2D eigenvalue weighted by Crippen LogP contribution is 2.44. The van der Waals surface area contributed by atoms with Crippen LogP contribution in [-0.4, -0.2) is 61.8 Å². The fraction of sp³-hybridized carbons (Fsp3) is 0.344. The smallest absolute Gasteiger partial charge is 0.407 e. The lowest BCUT2D eigenvalue weighted by Crippen LogP contribution is -2.39. The highest BCUT2D eigenvalue weighted by atomic mass is 16.6. The number of carbonyl (C=O) groups excluding carboxylic acids is 1. The number of aryl methyl sites for hydroxylation is 1. The zero-order valence-electron chi connectivity index (χ0n) is 25.1. The summed E-state index contributed by atoms with van der Waals surface area (Å²) in [6.45, 7) is 9.29. The number of benzene rings is 1. The maximum Gasteiger partial charge on any atom is 0.407 e. The predicted octanol–water partition coefficient (Wildman–Crippen LogP) is 5.63. The maximum atomic E-state index is 12.2. The number of ether oxygens (including phenoxy) is 3. The summed E-state index contributed by atoms with van der Waals surface area (Å²) < 4.78 is 19.8. The van der Waals surface area contributed by atoms with E-state index in [1.807, 2.05) is 80.9 Å². The summed E-state index contributed by atoms with van der Waals surface area (Å²) in [5.41, 5.74) is 3.36. The van der Waals surface area contributed by atoms with Crippen LogP contribution in [0.2, 0.25) is 0 Å². The van der Waals surface area contributed by atoms with E-state index in [2.05, 4.69) is 30.5 Å². The Morgan fingerprint density at radius 2 is 2.00 bits per heavy atom. The van der Waals surface area contributed by atoms with Crippen molar-refractivity contribution >= 4 is 40.1 Å². The summed E-state index contributed by atoms with van der Waals surface area (Å²) in [6.07, 6.45) is 7.82. The Hall–Kier alpha value is -5.13. The molecule has 44 heavy (non-hydrogen) atoms. The van der Waals surface area contributed by atoms with Gasteiger partial charge < -0.3 is 34.1 Å². The molecule has 0 bridgehead atoms. The van der Waals surface area contributed by atoms with Crippen LogP contribution in [0.5, 0.6) is 17.2 Å². The van der Waals surface area contributed by atoms with Crippen LogP contribution in [0.4, 0.5) is 22.1 Å². The summed E-state index contributed by atoms with van der Waals surface area (Å²) in [5.74, 6) is 3.86. The monoisotopic (exact) mass is 594 g/mol. The van der Waals surface area contributed by atoms with Crippen molar-refractivity contribution in [2.24, 2.45) is 5.92 Å². The van der Waals surface area contributed by atoms with E-state index in [4.69, 9.17) is 19.2 Å². The van der Waals surface area contributed by atoms with Gasteiger partial charge in [-0.1, -0.05) is 0 Å². The lowest BCUT2D eigenvalue weighted by Gasteiger charge is -2.25. The largest absolute Gasteiger partial charge is 0.486 e. The van der Waals surface area contributed by atoms with Crippen molar-refractivity contribution < 1.29 is 19.0 Å². The molecular weight excluding hydrogens is 560 g/mol. The summed E-state index contributed by atoms with van der Waals surface area (Å²) in [6, 6.07) is 11.6. The first kappa shape index (κ1) is 27.7. The number of amides is 1. The number of aromatic nitrogens is 5. The van der Waals surface area contributed by atoms with E-state index in [1.54, 1.807) is 6.20 Å². The second-order valence-electron chi connectivity index (χ2n) is 12.2.